The molecule has 0 N–H and O–H groups in total. The number of aromatic nitrogens is 4. The fourth-order valence-electron chi connectivity index (χ4n) is 3.40. The van der Waals surface area contributed by atoms with Gasteiger partial charge < -0.3 is 9.15 Å². The third kappa shape index (κ3) is 3.40. The highest BCUT2D eigenvalue weighted by Gasteiger charge is 2.26. The number of pyridine rings is 1. The Balaban J connectivity index is 1.60. The van der Waals surface area contributed by atoms with E-state index in [0.29, 0.717) is 6.61 Å². The van der Waals surface area contributed by atoms with Crippen molar-refractivity contribution in [2.24, 2.45) is 0 Å². The second kappa shape index (κ2) is 7.39. The molecule has 0 atom stereocenters. The van der Waals surface area contributed by atoms with Gasteiger partial charge in [-0.1, -0.05) is 6.07 Å². The first-order valence-electron chi connectivity index (χ1n) is 8.84. The predicted molar refractivity (Wildman–Crippen MR) is 96.4 cm³/mol. The highest BCUT2D eigenvalue weighted by atomic mass is 16.5. The van der Waals surface area contributed by atoms with Crippen LogP contribution >= 0.6 is 0 Å². The predicted octanol–water partition coefficient (Wildman–Crippen LogP) is 2.45. The molecule has 3 aromatic heterocycles. The molecule has 1 aliphatic rings. The van der Waals surface area contributed by atoms with Crippen LogP contribution in [0.25, 0.3) is 11.4 Å². The summed E-state index contributed by atoms with van der Waals surface area (Å²) in [4.78, 5) is 11.3. The van der Waals surface area contributed by atoms with Crippen molar-refractivity contribution in [1.82, 2.24) is 24.6 Å². The summed E-state index contributed by atoms with van der Waals surface area (Å²) in [5.41, 5.74) is 6.47. The summed E-state index contributed by atoms with van der Waals surface area (Å²) in [6.07, 6.45) is 5.99. The average Bonchev–Trinajstić information content (AvgIpc) is 3.29. The Labute approximate surface area is 152 Å². The van der Waals surface area contributed by atoms with E-state index in [1.807, 2.05) is 6.20 Å². The Morgan fingerprint density at radius 2 is 2.19 bits per heavy atom. The summed E-state index contributed by atoms with van der Waals surface area (Å²) in [5.74, 6) is 0. The van der Waals surface area contributed by atoms with Crippen LogP contribution in [0.5, 0.6) is 0 Å². The van der Waals surface area contributed by atoms with E-state index in [9.17, 15) is 0 Å². The first kappa shape index (κ1) is 16.9. The molecule has 136 valence electrons. The zero-order valence-electron chi connectivity index (χ0n) is 15.2. The number of hydrogen-bond acceptors (Lipinski definition) is 6. The molecule has 1 aliphatic heterocycles. The molecule has 0 radical (unpaired) electrons. The van der Waals surface area contributed by atoms with Crippen LogP contribution in [0, 0.1) is 6.92 Å². The Morgan fingerprint density at radius 1 is 1.27 bits per heavy atom. The number of oxazole rings is 1. The SMILES string of the molecule is COCCn1nc(-c2cocn2)c2c1CCN(Cc1ccc(C)cn1)C2. The topological polar surface area (TPSA) is 69.2 Å². The number of hydrogen-bond donors (Lipinski definition) is 0. The maximum Gasteiger partial charge on any atom is 0.181 e. The number of rotatable bonds is 6. The fraction of sp³-hybridized carbons (Fsp3) is 0.421. The van der Waals surface area contributed by atoms with Gasteiger partial charge in [-0.05, 0) is 18.6 Å². The van der Waals surface area contributed by atoms with E-state index >= 15 is 0 Å². The third-order valence-electron chi connectivity index (χ3n) is 4.75. The van der Waals surface area contributed by atoms with Crippen LogP contribution in [0.4, 0.5) is 0 Å². The van der Waals surface area contributed by atoms with Crippen LogP contribution in [0.3, 0.4) is 0 Å². The van der Waals surface area contributed by atoms with Gasteiger partial charge in [-0.3, -0.25) is 14.6 Å². The van der Waals surface area contributed by atoms with Crippen LogP contribution < -0.4 is 0 Å². The minimum absolute atomic E-state index is 0.642. The molecule has 0 saturated heterocycles. The van der Waals surface area contributed by atoms with Crippen molar-refractivity contribution in [3.63, 3.8) is 0 Å². The van der Waals surface area contributed by atoms with Gasteiger partial charge in [0.2, 0.25) is 0 Å². The van der Waals surface area contributed by atoms with E-state index in [4.69, 9.17) is 14.3 Å². The lowest BCUT2D eigenvalue weighted by atomic mass is 10.0. The van der Waals surface area contributed by atoms with Crippen molar-refractivity contribution in [1.29, 1.82) is 0 Å². The summed E-state index contributed by atoms with van der Waals surface area (Å²) in [6, 6.07) is 4.21. The molecule has 0 bridgehead atoms. The van der Waals surface area contributed by atoms with Crippen LogP contribution in [0.2, 0.25) is 0 Å². The molecule has 0 unspecified atom stereocenters. The number of ether oxygens (including phenoxy) is 1. The maximum atomic E-state index is 5.23. The molecule has 3 aromatic rings. The van der Waals surface area contributed by atoms with Crippen molar-refractivity contribution in [2.45, 2.75) is 33.0 Å². The molecule has 4 heterocycles. The molecule has 0 amide bonds. The summed E-state index contributed by atoms with van der Waals surface area (Å²) >= 11 is 0. The number of nitrogens with zero attached hydrogens (tertiary/aromatic N) is 5. The molecule has 4 rings (SSSR count). The van der Waals surface area contributed by atoms with Gasteiger partial charge >= 0.3 is 0 Å². The molecule has 0 aromatic carbocycles. The van der Waals surface area contributed by atoms with Crippen LogP contribution in [0.1, 0.15) is 22.5 Å². The van der Waals surface area contributed by atoms with E-state index < -0.39 is 0 Å². The van der Waals surface area contributed by atoms with Gasteiger partial charge in [0, 0.05) is 50.6 Å². The molecular formula is C19H23N5O2. The van der Waals surface area contributed by atoms with E-state index in [1.165, 1.54) is 23.2 Å². The van der Waals surface area contributed by atoms with Crippen molar-refractivity contribution < 1.29 is 9.15 Å². The normalized spacial score (nSPS) is 14.5. The Bertz CT molecular complexity index is 855. The second-order valence-corrected chi connectivity index (χ2v) is 6.65. The molecule has 7 heteroatoms. The number of methoxy groups -OCH3 is 1. The van der Waals surface area contributed by atoms with Gasteiger partial charge in [0.25, 0.3) is 0 Å². The quantitative estimate of drug-likeness (QED) is 0.678. The fourth-order valence-corrected chi connectivity index (χ4v) is 3.40. The van der Waals surface area contributed by atoms with Crippen molar-refractivity contribution >= 4 is 0 Å². The summed E-state index contributed by atoms with van der Waals surface area (Å²) in [6.45, 7) is 6.10. The van der Waals surface area contributed by atoms with Crippen LogP contribution in [-0.2, 0) is 30.8 Å². The molecule has 0 saturated carbocycles. The minimum atomic E-state index is 0.642. The lowest BCUT2D eigenvalue weighted by molar-refractivity contribution is 0.180. The van der Waals surface area contributed by atoms with Gasteiger partial charge in [-0.25, -0.2) is 4.98 Å². The molecular weight excluding hydrogens is 330 g/mol. The van der Waals surface area contributed by atoms with Gasteiger partial charge in [0.05, 0.1) is 18.8 Å². The Morgan fingerprint density at radius 3 is 2.92 bits per heavy atom. The highest BCUT2D eigenvalue weighted by Crippen LogP contribution is 2.29. The van der Waals surface area contributed by atoms with Crippen molar-refractivity contribution in [3.05, 3.63) is 53.5 Å². The zero-order chi connectivity index (χ0) is 17.9. The van der Waals surface area contributed by atoms with Gasteiger partial charge in [0.15, 0.2) is 6.39 Å². The molecule has 0 aliphatic carbocycles. The average molecular weight is 353 g/mol. The largest absolute Gasteiger partial charge is 0.451 e. The summed E-state index contributed by atoms with van der Waals surface area (Å²) in [7, 11) is 1.71. The van der Waals surface area contributed by atoms with E-state index in [2.05, 4.69) is 38.6 Å². The second-order valence-electron chi connectivity index (χ2n) is 6.65. The summed E-state index contributed by atoms with van der Waals surface area (Å²) < 4.78 is 12.5. The smallest absolute Gasteiger partial charge is 0.181 e. The number of fused-ring (bicyclic) bond motifs is 1. The minimum Gasteiger partial charge on any atom is -0.451 e. The molecule has 7 nitrogen and oxygen atoms in total. The lowest BCUT2D eigenvalue weighted by Crippen LogP contribution is -2.31. The molecule has 0 fully saturated rings. The van der Waals surface area contributed by atoms with Crippen molar-refractivity contribution in [3.8, 4) is 11.4 Å². The Hall–Kier alpha value is -2.51. The monoisotopic (exact) mass is 353 g/mol. The van der Waals surface area contributed by atoms with E-state index in [-0.39, 0.29) is 0 Å². The van der Waals surface area contributed by atoms with Gasteiger partial charge in [0.1, 0.15) is 17.7 Å². The standard InChI is InChI=1S/C19H23N5O2/c1-14-3-4-15(20-9-14)10-23-6-5-18-16(11-23)19(17-12-26-13-21-17)22-24(18)7-8-25-2/h3-4,9,12-13H,5-8,10-11H2,1-2H3. The molecule has 0 spiro atoms. The first-order valence-corrected chi connectivity index (χ1v) is 8.84. The number of aryl methyl sites for hydroxylation is 1. The van der Waals surface area contributed by atoms with E-state index in [1.54, 1.807) is 13.4 Å². The third-order valence-corrected chi connectivity index (χ3v) is 4.75. The first-order chi connectivity index (χ1) is 12.7. The Kier molecular flexibility index (Phi) is 4.81. The van der Waals surface area contributed by atoms with Crippen molar-refractivity contribution in [2.75, 3.05) is 20.3 Å². The van der Waals surface area contributed by atoms with Crippen LogP contribution in [0.15, 0.2) is 35.4 Å². The highest BCUT2D eigenvalue weighted by molar-refractivity contribution is 5.59. The van der Waals surface area contributed by atoms with E-state index in [0.717, 1.165) is 49.7 Å². The summed E-state index contributed by atoms with van der Waals surface area (Å²) in [5, 5.41) is 4.80. The maximum absolute atomic E-state index is 5.23. The molecule has 26 heavy (non-hydrogen) atoms. The lowest BCUT2D eigenvalue weighted by Gasteiger charge is -2.27. The van der Waals surface area contributed by atoms with Gasteiger partial charge in [-0.2, -0.15) is 5.10 Å². The van der Waals surface area contributed by atoms with Gasteiger partial charge in [-0.15, -0.1) is 0 Å². The zero-order valence-corrected chi connectivity index (χ0v) is 15.2. The van der Waals surface area contributed by atoms with Crippen LogP contribution in [-0.4, -0.2) is 44.9 Å².